The van der Waals surface area contributed by atoms with E-state index in [1.807, 2.05) is 59.4 Å². The zero-order chi connectivity index (χ0) is 16.7. The van der Waals surface area contributed by atoms with Crippen molar-refractivity contribution in [3.8, 4) is 5.69 Å². The van der Waals surface area contributed by atoms with E-state index < -0.39 is 6.03 Å². The highest BCUT2D eigenvalue weighted by Crippen LogP contribution is 2.09. The maximum Gasteiger partial charge on any atom is 0.321 e. The summed E-state index contributed by atoms with van der Waals surface area (Å²) in [5.74, 6) is -0.295. The van der Waals surface area contributed by atoms with Crippen LogP contribution < -0.4 is 10.6 Å². The molecule has 0 saturated carbocycles. The molecule has 7 heteroatoms. The molecule has 0 bridgehead atoms. The second kappa shape index (κ2) is 8.09. The van der Waals surface area contributed by atoms with Gasteiger partial charge in [0.25, 0.3) is 0 Å². The van der Waals surface area contributed by atoms with Crippen molar-refractivity contribution in [1.82, 2.24) is 25.3 Å². The fourth-order valence-electron chi connectivity index (χ4n) is 2.10. The zero-order valence-corrected chi connectivity index (χ0v) is 13.3. The van der Waals surface area contributed by atoms with Crippen molar-refractivity contribution in [2.24, 2.45) is 0 Å². The third-order valence-electron chi connectivity index (χ3n) is 3.31. The second-order valence-corrected chi connectivity index (χ2v) is 5.24. The van der Waals surface area contributed by atoms with Crippen LogP contribution >= 0.6 is 0 Å². The fraction of sp³-hybridized carbons (Fsp3) is 0.312. The van der Waals surface area contributed by atoms with Gasteiger partial charge in [-0.25, -0.2) is 9.48 Å². The van der Waals surface area contributed by atoms with Crippen molar-refractivity contribution in [2.45, 2.75) is 13.0 Å². The zero-order valence-electron chi connectivity index (χ0n) is 13.3. The smallest absolute Gasteiger partial charge is 0.321 e. The molecule has 0 aliphatic rings. The summed E-state index contributed by atoms with van der Waals surface area (Å²) in [7, 11) is 3.39. The SMILES string of the molecule is CNC(=O)NC(=O)CCN(C)Cc1cnn(-c2ccccc2)c1. The Kier molecular flexibility index (Phi) is 5.87. The van der Waals surface area contributed by atoms with Crippen molar-refractivity contribution >= 4 is 11.9 Å². The van der Waals surface area contributed by atoms with Crippen molar-refractivity contribution in [2.75, 3.05) is 20.6 Å². The molecule has 1 aromatic carbocycles. The maximum absolute atomic E-state index is 11.5. The number of aromatic nitrogens is 2. The summed E-state index contributed by atoms with van der Waals surface area (Å²) in [6, 6.07) is 9.39. The summed E-state index contributed by atoms with van der Waals surface area (Å²) < 4.78 is 1.82. The van der Waals surface area contributed by atoms with Gasteiger partial charge in [0.05, 0.1) is 11.9 Å². The standard InChI is InChI=1S/C16H21N5O2/c1-17-16(23)19-15(22)8-9-20(2)11-13-10-18-21(12-13)14-6-4-3-5-7-14/h3-7,10,12H,8-9,11H2,1-2H3,(H2,17,19,22,23). The first-order chi connectivity index (χ1) is 11.1. The highest BCUT2D eigenvalue weighted by atomic mass is 16.2. The number of amides is 3. The van der Waals surface area contributed by atoms with Crippen LogP contribution in [0.2, 0.25) is 0 Å². The van der Waals surface area contributed by atoms with Gasteiger partial charge in [-0.3, -0.25) is 10.1 Å². The highest BCUT2D eigenvalue weighted by molar-refractivity contribution is 5.94. The van der Waals surface area contributed by atoms with Crippen LogP contribution in [0.15, 0.2) is 42.7 Å². The minimum absolute atomic E-state index is 0.261. The van der Waals surface area contributed by atoms with Crippen LogP contribution in [-0.2, 0) is 11.3 Å². The van der Waals surface area contributed by atoms with Gasteiger partial charge >= 0.3 is 6.03 Å². The number of imide groups is 1. The van der Waals surface area contributed by atoms with E-state index in [1.54, 1.807) is 0 Å². The summed E-state index contributed by atoms with van der Waals surface area (Å²) in [6.45, 7) is 1.24. The molecule has 0 radical (unpaired) electrons. The molecule has 1 heterocycles. The van der Waals surface area contributed by atoms with Crippen LogP contribution in [0.1, 0.15) is 12.0 Å². The van der Waals surface area contributed by atoms with Gasteiger partial charge in [0.15, 0.2) is 0 Å². The van der Waals surface area contributed by atoms with E-state index in [-0.39, 0.29) is 12.3 Å². The lowest BCUT2D eigenvalue weighted by atomic mass is 10.3. The molecule has 0 unspecified atom stereocenters. The van der Waals surface area contributed by atoms with E-state index in [0.29, 0.717) is 13.1 Å². The number of hydrogen-bond donors (Lipinski definition) is 2. The number of carbonyl (C=O) groups excluding carboxylic acids is 2. The summed E-state index contributed by atoms with van der Waals surface area (Å²) in [4.78, 5) is 24.6. The van der Waals surface area contributed by atoms with Crippen molar-refractivity contribution in [3.05, 3.63) is 48.3 Å². The molecular weight excluding hydrogens is 294 g/mol. The molecule has 2 N–H and O–H groups in total. The quantitative estimate of drug-likeness (QED) is 0.838. The van der Waals surface area contributed by atoms with Crippen LogP contribution in [0.25, 0.3) is 5.69 Å². The molecule has 0 aliphatic heterocycles. The lowest BCUT2D eigenvalue weighted by Crippen LogP contribution is -2.38. The van der Waals surface area contributed by atoms with Crippen LogP contribution in [0, 0.1) is 0 Å². The first kappa shape index (κ1) is 16.7. The predicted molar refractivity (Wildman–Crippen MR) is 87.1 cm³/mol. The topological polar surface area (TPSA) is 79.3 Å². The van der Waals surface area contributed by atoms with Crippen molar-refractivity contribution in [1.29, 1.82) is 0 Å². The number of nitrogens with one attached hydrogen (secondary N) is 2. The first-order valence-electron chi connectivity index (χ1n) is 7.37. The fourth-order valence-corrected chi connectivity index (χ4v) is 2.10. The van der Waals surface area contributed by atoms with Crippen molar-refractivity contribution < 1.29 is 9.59 Å². The van der Waals surface area contributed by atoms with E-state index in [1.165, 1.54) is 7.05 Å². The summed E-state index contributed by atoms with van der Waals surface area (Å²) in [6.07, 6.45) is 4.04. The van der Waals surface area contributed by atoms with Crippen LogP contribution in [-0.4, -0.2) is 47.3 Å². The lowest BCUT2D eigenvalue weighted by Gasteiger charge is -2.14. The van der Waals surface area contributed by atoms with E-state index in [4.69, 9.17) is 0 Å². The number of urea groups is 1. The molecule has 0 fully saturated rings. The monoisotopic (exact) mass is 315 g/mol. The summed E-state index contributed by atoms with van der Waals surface area (Å²) in [5.41, 5.74) is 2.06. The molecule has 0 saturated heterocycles. The van der Waals surface area contributed by atoms with Gasteiger partial charge in [-0.1, -0.05) is 18.2 Å². The van der Waals surface area contributed by atoms with Gasteiger partial charge in [0.1, 0.15) is 0 Å². The lowest BCUT2D eigenvalue weighted by molar-refractivity contribution is -0.120. The molecule has 2 aromatic rings. The van der Waals surface area contributed by atoms with Crippen LogP contribution in [0.5, 0.6) is 0 Å². The Labute approximate surface area is 135 Å². The summed E-state index contributed by atoms with van der Waals surface area (Å²) in [5, 5.41) is 8.93. The molecular formula is C16H21N5O2. The molecule has 0 atom stereocenters. The Bertz CT molecular complexity index is 654. The number of para-hydroxylation sites is 1. The number of carbonyl (C=O) groups is 2. The van der Waals surface area contributed by atoms with Gasteiger partial charge in [-0.15, -0.1) is 0 Å². The van der Waals surface area contributed by atoms with Gasteiger partial charge in [-0.2, -0.15) is 5.10 Å². The maximum atomic E-state index is 11.5. The largest absolute Gasteiger partial charge is 0.341 e. The van der Waals surface area contributed by atoms with Gasteiger partial charge in [0.2, 0.25) is 5.91 Å². The minimum atomic E-state index is -0.484. The molecule has 3 amide bonds. The first-order valence-corrected chi connectivity index (χ1v) is 7.37. The molecule has 23 heavy (non-hydrogen) atoms. The second-order valence-electron chi connectivity index (χ2n) is 5.24. The molecule has 1 aromatic heterocycles. The number of benzene rings is 1. The van der Waals surface area contributed by atoms with Gasteiger partial charge in [-0.05, 0) is 19.2 Å². The number of rotatable bonds is 6. The Balaban J connectivity index is 1.82. The minimum Gasteiger partial charge on any atom is -0.341 e. The van der Waals surface area contributed by atoms with E-state index in [2.05, 4.69) is 15.7 Å². The molecule has 0 aliphatic carbocycles. The molecule has 0 spiro atoms. The van der Waals surface area contributed by atoms with Gasteiger partial charge in [0, 0.05) is 38.3 Å². The number of hydrogen-bond acceptors (Lipinski definition) is 4. The van der Waals surface area contributed by atoms with E-state index in [9.17, 15) is 9.59 Å². The Morgan fingerprint density at radius 1 is 1.26 bits per heavy atom. The van der Waals surface area contributed by atoms with Gasteiger partial charge < -0.3 is 10.2 Å². The third kappa shape index (κ3) is 5.23. The third-order valence-corrected chi connectivity index (χ3v) is 3.31. The van der Waals surface area contributed by atoms with Crippen molar-refractivity contribution in [3.63, 3.8) is 0 Å². The average molecular weight is 315 g/mol. The van der Waals surface area contributed by atoms with E-state index in [0.717, 1.165) is 11.3 Å². The average Bonchev–Trinajstić information content (AvgIpc) is 3.02. The Morgan fingerprint density at radius 2 is 2.00 bits per heavy atom. The van der Waals surface area contributed by atoms with Crippen LogP contribution in [0.4, 0.5) is 4.79 Å². The van der Waals surface area contributed by atoms with Crippen LogP contribution in [0.3, 0.4) is 0 Å². The summed E-state index contributed by atoms with van der Waals surface area (Å²) >= 11 is 0. The molecule has 122 valence electrons. The molecule has 7 nitrogen and oxygen atoms in total. The Morgan fingerprint density at radius 3 is 2.70 bits per heavy atom. The Hall–Kier alpha value is -2.67. The normalized spacial score (nSPS) is 10.6. The van der Waals surface area contributed by atoms with E-state index >= 15 is 0 Å². The molecule has 2 rings (SSSR count). The predicted octanol–water partition coefficient (Wildman–Crippen LogP) is 1.15. The number of nitrogens with zero attached hydrogens (tertiary/aromatic N) is 3. The highest BCUT2D eigenvalue weighted by Gasteiger charge is 2.09.